The van der Waals surface area contributed by atoms with Crippen LogP contribution in [0, 0.1) is 23.2 Å². The van der Waals surface area contributed by atoms with E-state index in [0.29, 0.717) is 5.41 Å². The van der Waals surface area contributed by atoms with Gasteiger partial charge in [0.05, 0.1) is 0 Å². The first-order valence-electron chi connectivity index (χ1n) is 12.4. The van der Waals surface area contributed by atoms with Crippen LogP contribution in [0.15, 0.2) is 23.3 Å². The van der Waals surface area contributed by atoms with Gasteiger partial charge in [-0.1, -0.05) is 72.3 Å². The zero-order chi connectivity index (χ0) is 21.0. The molecule has 2 unspecified atom stereocenters. The van der Waals surface area contributed by atoms with Crippen molar-refractivity contribution in [3.8, 4) is 0 Å². The van der Waals surface area contributed by atoms with Gasteiger partial charge in [-0.25, -0.2) is 0 Å². The molecule has 0 radical (unpaired) electrons. The van der Waals surface area contributed by atoms with Crippen molar-refractivity contribution < 1.29 is 10.6 Å². The molecule has 0 aromatic carbocycles. The summed E-state index contributed by atoms with van der Waals surface area (Å²) in [5.41, 5.74) is 3.77. The van der Waals surface area contributed by atoms with Gasteiger partial charge in [-0.05, 0) is 100 Å². The third kappa shape index (κ3) is 12.3. The van der Waals surface area contributed by atoms with Crippen LogP contribution in [0.4, 0.5) is 0 Å². The van der Waals surface area contributed by atoms with Gasteiger partial charge in [0.25, 0.3) is 0 Å². The molecule has 0 aromatic rings. The van der Waals surface area contributed by atoms with E-state index in [4.69, 9.17) is 5.11 Å². The molecule has 0 aliphatic heterocycles. The van der Waals surface area contributed by atoms with E-state index in [2.05, 4.69) is 39.8 Å². The molecular formula is C28H56O2. The summed E-state index contributed by atoms with van der Waals surface area (Å²) in [6.45, 7) is 13.7. The molecule has 180 valence electrons. The van der Waals surface area contributed by atoms with E-state index in [1.165, 1.54) is 69.8 Å². The lowest BCUT2D eigenvalue weighted by Gasteiger charge is -2.41. The maximum absolute atomic E-state index is 8.93. The van der Waals surface area contributed by atoms with Gasteiger partial charge in [-0.3, -0.25) is 0 Å². The first-order valence-corrected chi connectivity index (χ1v) is 12.4. The largest absolute Gasteiger partial charge is 0.412 e. The highest BCUT2D eigenvalue weighted by atomic mass is 16.2. The van der Waals surface area contributed by atoms with Gasteiger partial charge in [0.1, 0.15) is 0 Å². The summed E-state index contributed by atoms with van der Waals surface area (Å²) in [5.74, 6) is 2.95. The molecule has 0 heterocycles. The minimum atomic E-state index is 0. The van der Waals surface area contributed by atoms with Crippen molar-refractivity contribution in [1.82, 2.24) is 0 Å². The first-order chi connectivity index (χ1) is 13.4. The molecule has 1 fully saturated rings. The molecule has 3 N–H and O–H groups in total. The predicted molar refractivity (Wildman–Crippen MR) is 136 cm³/mol. The molecule has 1 saturated carbocycles. The maximum atomic E-state index is 8.93. The van der Waals surface area contributed by atoms with E-state index in [9.17, 15) is 0 Å². The van der Waals surface area contributed by atoms with Crippen molar-refractivity contribution in [2.24, 2.45) is 23.2 Å². The zero-order valence-electron chi connectivity index (χ0n) is 20.5. The summed E-state index contributed by atoms with van der Waals surface area (Å²) < 4.78 is 0. The molecule has 2 heteroatoms. The Morgan fingerprint density at radius 1 is 1.10 bits per heavy atom. The minimum Gasteiger partial charge on any atom is -0.412 e. The van der Waals surface area contributed by atoms with E-state index in [-0.39, 0.29) is 19.5 Å². The van der Waals surface area contributed by atoms with Gasteiger partial charge < -0.3 is 10.6 Å². The van der Waals surface area contributed by atoms with Crippen LogP contribution in [-0.4, -0.2) is 17.2 Å². The Balaban J connectivity index is 0. The number of aliphatic hydroxyl groups is 1. The Labute approximate surface area is 189 Å². The average molecular weight is 425 g/mol. The molecule has 0 bridgehead atoms. The second kappa shape index (κ2) is 17.0. The molecule has 30 heavy (non-hydrogen) atoms. The second-order valence-electron chi connectivity index (χ2n) is 10.2. The third-order valence-electron chi connectivity index (χ3n) is 6.62. The smallest absolute Gasteiger partial charge is 0.0465 e. The Morgan fingerprint density at radius 2 is 1.73 bits per heavy atom. The van der Waals surface area contributed by atoms with Crippen molar-refractivity contribution in [3.05, 3.63) is 23.3 Å². The molecule has 3 atom stereocenters. The second-order valence-corrected chi connectivity index (χ2v) is 10.2. The van der Waals surface area contributed by atoms with E-state index in [1.807, 2.05) is 13.8 Å². The van der Waals surface area contributed by atoms with Crippen LogP contribution in [-0.2, 0) is 0 Å². The summed E-state index contributed by atoms with van der Waals surface area (Å²) in [6, 6.07) is 0. The van der Waals surface area contributed by atoms with Crippen LogP contribution in [0.5, 0.6) is 0 Å². The Bertz CT molecular complexity index is 470. The molecule has 0 saturated heterocycles. The lowest BCUT2D eigenvalue weighted by molar-refractivity contribution is 0.104. The van der Waals surface area contributed by atoms with Gasteiger partial charge in [0.2, 0.25) is 0 Å². The molecule has 2 aliphatic rings. The standard InChI is InChI=1S/C25H44O.C2H6.CH4.H2O/c1-5-20(11-8-16-26)9-6-7-10-21-17-22(18-21)12-13-23-14-15-24(23)19-25(2,3)4;1-2;;/h11,17,22-24,26H,5-10,12-16,18-19H2,1-4H3;1-2H3;1H4;1H2/b20-11+;;;/t22?,23?,24-;;;/m1.../s1. The van der Waals surface area contributed by atoms with Crippen molar-refractivity contribution in [2.45, 2.75) is 126 Å². The number of aliphatic hydroxyl groups excluding tert-OH is 1. The molecule has 0 aromatic heterocycles. The van der Waals surface area contributed by atoms with Gasteiger partial charge in [0, 0.05) is 6.61 Å². The van der Waals surface area contributed by atoms with Gasteiger partial charge >= 0.3 is 0 Å². The summed E-state index contributed by atoms with van der Waals surface area (Å²) in [4.78, 5) is 0. The topological polar surface area (TPSA) is 51.7 Å². The minimum absolute atomic E-state index is 0. The monoisotopic (exact) mass is 424 g/mol. The molecule has 2 aliphatic carbocycles. The average Bonchev–Trinajstić information content (AvgIpc) is 2.62. The van der Waals surface area contributed by atoms with E-state index >= 15 is 0 Å². The molecule has 0 spiro atoms. The summed E-state index contributed by atoms with van der Waals surface area (Å²) >= 11 is 0. The fraction of sp³-hybridized carbons (Fsp3) is 0.857. The summed E-state index contributed by atoms with van der Waals surface area (Å²) in [7, 11) is 0. The molecular weight excluding hydrogens is 368 g/mol. The van der Waals surface area contributed by atoms with E-state index < -0.39 is 0 Å². The molecule has 2 rings (SSSR count). The number of hydrogen-bond donors (Lipinski definition) is 1. The highest BCUT2D eigenvalue weighted by molar-refractivity contribution is 5.16. The van der Waals surface area contributed by atoms with E-state index in [1.54, 1.807) is 5.57 Å². The van der Waals surface area contributed by atoms with Crippen LogP contribution in [0.2, 0.25) is 0 Å². The Morgan fingerprint density at radius 3 is 2.23 bits per heavy atom. The van der Waals surface area contributed by atoms with Gasteiger partial charge in [-0.15, -0.1) is 0 Å². The summed E-state index contributed by atoms with van der Waals surface area (Å²) in [6.07, 6.45) is 20.7. The molecule has 0 amide bonds. The Kier molecular flexibility index (Phi) is 17.9. The highest BCUT2D eigenvalue weighted by Crippen LogP contribution is 2.45. The fourth-order valence-electron chi connectivity index (χ4n) is 4.90. The third-order valence-corrected chi connectivity index (χ3v) is 6.62. The molecule has 2 nitrogen and oxygen atoms in total. The van der Waals surface area contributed by atoms with Crippen LogP contribution in [0.25, 0.3) is 0 Å². The van der Waals surface area contributed by atoms with Crippen LogP contribution in [0.3, 0.4) is 0 Å². The lowest BCUT2D eigenvalue weighted by atomic mass is 9.64. The zero-order valence-corrected chi connectivity index (χ0v) is 20.5. The van der Waals surface area contributed by atoms with Crippen molar-refractivity contribution in [1.29, 1.82) is 0 Å². The van der Waals surface area contributed by atoms with Crippen LogP contribution >= 0.6 is 0 Å². The lowest BCUT2D eigenvalue weighted by Crippen LogP contribution is -2.30. The Hall–Kier alpha value is -0.600. The van der Waals surface area contributed by atoms with Crippen molar-refractivity contribution in [3.63, 3.8) is 0 Å². The predicted octanol–water partition coefficient (Wildman–Crippen LogP) is 8.29. The van der Waals surface area contributed by atoms with Crippen molar-refractivity contribution in [2.75, 3.05) is 6.61 Å². The number of rotatable bonds is 12. The fourth-order valence-corrected chi connectivity index (χ4v) is 4.90. The summed E-state index contributed by atoms with van der Waals surface area (Å²) in [5, 5.41) is 8.93. The SMILES string of the molecule is C.CC.CC/C(=C\CCO)CCCCC1=CC(CCC2CC[C@@H]2CC(C)(C)C)C1.O. The first kappa shape index (κ1) is 31.6. The van der Waals surface area contributed by atoms with Crippen molar-refractivity contribution >= 4 is 0 Å². The number of hydrogen-bond acceptors (Lipinski definition) is 1. The van der Waals surface area contributed by atoms with Crippen LogP contribution < -0.4 is 0 Å². The number of unbranched alkanes of at least 4 members (excludes halogenated alkanes) is 1. The van der Waals surface area contributed by atoms with Crippen LogP contribution in [0.1, 0.15) is 126 Å². The normalized spacial score (nSPS) is 23.0. The highest BCUT2D eigenvalue weighted by Gasteiger charge is 2.34. The van der Waals surface area contributed by atoms with Gasteiger partial charge in [-0.2, -0.15) is 0 Å². The van der Waals surface area contributed by atoms with E-state index in [0.717, 1.165) is 30.6 Å². The maximum Gasteiger partial charge on any atom is 0.0465 e. The number of allylic oxidation sites excluding steroid dienone is 3. The quantitative estimate of drug-likeness (QED) is 0.248. The van der Waals surface area contributed by atoms with Gasteiger partial charge in [0.15, 0.2) is 0 Å².